The molecule has 0 aliphatic heterocycles. The number of carbonyl (C=O) groups is 2. The SMILES string of the molecule is COCC(N)C(=O)Nc1cccc(NC(=O)COc2ccccc2OC)c1.Cl. The Morgan fingerprint density at radius 3 is 2.29 bits per heavy atom. The maximum Gasteiger partial charge on any atom is 0.262 e. The number of ether oxygens (including phenoxy) is 3. The molecule has 2 amide bonds. The number of benzene rings is 2. The first kappa shape index (κ1) is 23.2. The summed E-state index contributed by atoms with van der Waals surface area (Å²) in [7, 11) is 3.00. The third-order valence-electron chi connectivity index (χ3n) is 3.52. The summed E-state index contributed by atoms with van der Waals surface area (Å²) in [6.45, 7) is -0.0712. The average molecular weight is 410 g/mol. The van der Waals surface area contributed by atoms with Crippen LogP contribution in [0.25, 0.3) is 0 Å². The van der Waals surface area contributed by atoms with E-state index in [1.807, 2.05) is 6.07 Å². The van der Waals surface area contributed by atoms with Crippen LogP contribution < -0.4 is 25.8 Å². The van der Waals surface area contributed by atoms with Gasteiger partial charge in [-0.2, -0.15) is 0 Å². The van der Waals surface area contributed by atoms with Crippen molar-refractivity contribution in [1.29, 1.82) is 0 Å². The van der Waals surface area contributed by atoms with E-state index >= 15 is 0 Å². The molecule has 0 spiro atoms. The van der Waals surface area contributed by atoms with Gasteiger partial charge in [-0.1, -0.05) is 18.2 Å². The van der Waals surface area contributed by atoms with Crippen molar-refractivity contribution in [3.05, 3.63) is 48.5 Å². The summed E-state index contributed by atoms with van der Waals surface area (Å²) in [5.41, 5.74) is 6.70. The second kappa shape index (κ2) is 11.8. The molecule has 4 N–H and O–H groups in total. The van der Waals surface area contributed by atoms with E-state index in [1.165, 1.54) is 14.2 Å². The molecule has 1 atom stereocenters. The van der Waals surface area contributed by atoms with Crippen molar-refractivity contribution in [2.24, 2.45) is 5.73 Å². The summed E-state index contributed by atoms with van der Waals surface area (Å²) >= 11 is 0. The van der Waals surface area contributed by atoms with E-state index in [0.29, 0.717) is 22.9 Å². The van der Waals surface area contributed by atoms with Crippen LogP contribution in [0.4, 0.5) is 11.4 Å². The van der Waals surface area contributed by atoms with Gasteiger partial charge < -0.3 is 30.6 Å². The van der Waals surface area contributed by atoms with Gasteiger partial charge in [0.15, 0.2) is 18.1 Å². The van der Waals surface area contributed by atoms with Gasteiger partial charge in [-0.25, -0.2) is 0 Å². The monoisotopic (exact) mass is 409 g/mol. The quantitative estimate of drug-likeness (QED) is 0.584. The van der Waals surface area contributed by atoms with Crippen LogP contribution in [0.2, 0.25) is 0 Å². The van der Waals surface area contributed by atoms with Crippen molar-refractivity contribution in [3.63, 3.8) is 0 Å². The number of rotatable bonds is 9. The molecule has 0 fully saturated rings. The fourth-order valence-electron chi connectivity index (χ4n) is 2.24. The van der Waals surface area contributed by atoms with Gasteiger partial charge in [0.05, 0.1) is 13.7 Å². The number of nitrogens with two attached hydrogens (primary N) is 1. The summed E-state index contributed by atoms with van der Waals surface area (Å²) in [4.78, 5) is 24.0. The lowest BCUT2D eigenvalue weighted by molar-refractivity contribution is -0.119. The second-order valence-corrected chi connectivity index (χ2v) is 5.62. The zero-order valence-electron chi connectivity index (χ0n) is 15.6. The summed E-state index contributed by atoms with van der Waals surface area (Å²) < 4.78 is 15.5. The van der Waals surface area contributed by atoms with Crippen LogP contribution in [0.3, 0.4) is 0 Å². The molecule has 0 aliphatic rings. The lowest BCUT2D eigenvalue weighted by Gasteiger charge is -2.13. The van der Waals surface area contributed by atoms with E-state index in [1.54, 1.807) is 42.5 Å². The Kier molecular flexibility index (Phi) is 9.80. The number of hydrogen-bond donors (Lipinski definition) is 3. The molecule has 2 aromatic carbocycles. The molecule has 8 nitrogen and oxygen atoms in total. The highest BCUT2D eigenvalue weighted by Gasteiger charge is 2.13. The minimum atomic E-state index is -0.775. The molecular formula is C19H24ClN3O5. The van der Waals surface area contributed by atoms with Crippen molar-refractivity contribution >= 4 is 35.6 Å². The molecule has 0 aromatic heterocycles. The molecule has 9 heteroatoms. The Labute approximate surface area is 169 Å². The van der Waals surface area contributed by atoms with Gasteiger partial charge >= 0.3 is 0 Å². The largest absolute Gasteiger partial charge is 0.493 e. The highest BCUT2D eigenvalue weighted by atomic mass is 35.5. The standard InChI is InChI=1S/C19H23N3O5.ClH/c1-25-11-15(20)19(24)22-14-7-5-6-13(10-14)21-18(23)12-27-17-9-4-3-8-16(17)26-2;/h3-10,15H,11-12,20H2,1-2H3,(H,21,23)(H,22,24);1H. The van der Waals surface area contributed by atoms with E-state index in [0.717, 1.165) is 0 Å². The smallest absolute Gasteiger partial charge is 0.262 e. The van der Waals surface area contributed by atoms with Gasteiger partial charge in [-0.15, -0.1) is 12.4 Å². The molecule has 1 unspecified atom stereocenters. The number of methoxy groups -OCH3 is 2. The van der Waals surface area contributed by atoms with Crippen LogP contribution in [0, 0.1) is 0 Å². The average Bonchev–Trinajstić information content (AvgIpc) is 2.67. The minimum absolute atomic E-state index is 0. The number of nitrogens with one attached hydrogen (secondary N) is 2. The zero-order chi connectivity index (χ0) is 19.6. The fourth-order valence-corrected chi connectivity index (χ4v) is 2.24. The van der Waals surface area contributed by atoms with Gasteiger partial charge in [0.1, 0.15) is 6.04 Å². The van der Waals surface area contributed by atoms with E-state index in [9.17, 15) is 9.59 Å². The van der Waals surface area contributed by atoms with Crippen molar-refractivity contribution < 1.29 is 23.8 Å². The molecule has 0 radical (unpaired) electrons. The molecule has 0 aliphatic carbocycles. The second-order valence-electron chi connectivity index (χ2n) is 5.62. The predicted octanol–water partition coefficient (Wildman–Crippen LogP) is 2.05. The lowest BCUT2D eigenvalue weighted by atomic mass is 10.2. The third-order valence-corrected chi connectivity index (χ3v) is 3.52. The molecule has 0 saturated carbocycles. The number of carbonyl (C=O) groups excluding carboxylic acids is 2. The normalized spacial score (nSPS) is 11.0. The zero-order valence-corrected chi connectivity index (χ0v) is 16.5. The number of anilines is 2. The first-order valence-corrected chi connectivity index (χ1v) is 8.24. The Balaban J connectivity index is 0.00000392. The minimum Gasteiger partial charge on any atom is -0.493 e. The van der Waals surface area contributed by atoms with Gasteiger partial charge in [-0.05, 0) is 30.3 Å². The van der Waals surface area contributed by atoms with Crippen molar-refractivity contribution in [2.45, 2.75) is 6.04 Å². The Bertz CT molecular complexity index is 788. The maximum absolute atomic E-state index is 12.1. The van der Waals surface area contributed by atoms with Gasteiger partial charge in [0, 0.05) is 18.5 Å². The van der Waals surface area contributed by atoms with Crippen LogP contribution in [0.1, 0.15) is 0 Å². The molecule has 0 saturated heterocycles. The van der Waals surface area contributed by atoms with E-state index in [-0.39, 0.29) is 37.4 Å². The van der Waals surface area contributed by atoms with Gasteiger partial charge in [-0.3, -0.25) is 9.59 Å². The first-order chi connectivity index (χ1) is 13.0. The van der Waals surface area contributed by atoms with Crippen LogP contribution >= 0.6 is 12.4 Å². The van der Waals surface area contributed by atoms with Crippen LogP contribution in [0.15, 0.2) is 48.5 Å². The van der Waals surface area contributed by atoms with E-state index in [4.69, 9.17) is 19.9 Å². The van der Waals surface area contributed by atoms with Crippen molar-refractivity contribution in [2.75, 3.05) is 38.1 Å². The van der Waals surface area contributed by atoms with Crippen molar-refractivity contribution in [3.8, 4) is 11.5 Å². The summed E-state index contributed by atoms with van der Waals surface area (Å²) in [6.07, 6.45) is 0. The van der Waals surface area contributed by atoms with Crippen LogP contribution in [-0.4, -0.2) is 45.3 Å². The summed E-state index contributed by atoms with van der Waals surface area (Å²) in [6, 6.07) is 13.0. The summed E-state index contributed by atoms with van der Waals surface area (Å²) in [5.74, 6) is 0.297. The van der Waals surface area contributed by atoms with Crippen LogP contribution in [0.5, 0.6) is 11.5 Å². The van der Waals surface area contributed by atoms with Gasteiger partial charge in [0.2, 0.25) is 5.91 Å². The Hall–Kier alpha value is -2.81. The Morgan fingerprint density at radius 2 is 1.64 bits per heavy atom. The third kappa shape index (κ3) is 7.07. The fraction of sp³-hybridized carbons (Fsp3) is 0.263. The molecule has 0 heterocycles. The number of halogens is 1. The highest BCUT2D eigenvalue weighted by molar-refractivity contribution is 5.96. The summed E-state index contributed by atoms with van der Waals surface area (Å²) in [5, 5.41) is 5.38. The molecule has 28 heavy (non-hydrogen) atoms. The van der Waals surface area contributed by atoms with Crippen molar-refractivity contribution in [1.82, 2.24) is 0 Å². The van der Waals surface area contributed by atoms with Gasteiger partial charge in [0.25, 0.3) is 5.91 Å². The highest BCUT2D eigenvalue weighted by Crippen LogP contribution is 2.25. The molecular weight excluding hydrogens is 386 g/mol. The molecule has 2 rings (SSSR count). The number of amides is 2. The van der Waals surface area contributed by atoms with Crippen LogP contribution in [-0.2, 0) is 14.3 Å². The number of para-hydroxylation sites is 2. The lowest BCUT2D eigenvalue weighted by Crippen LogP contribution is -2.39. The molecule has 152 valence electrons. The predicted molar refractivity (Wildman–Crippen MR) is 109 cm³/mol. The molecule has 2 aromatic rings. The van der Waals surface area contributed by atoms with E-state index < -0.39 is 6.04 Å². The maximum atomic E-state index is 12.1. The van der Waals surface area contributed by atoms with E-state index in [2.05, 4.69) is 10.6 Å². The molecule has 0 bridgehead atoms. The first-order valence-electron chi connectivity index (χ1n) is 8.24. The number of hydrogen-bond acceptors (Lipinski definition) is 6. The topological polar surface area (TPSA) is 112 Å². The Morgan fingerprint density at radius 1 is 1.00 bits per heavy atom.